The van der Waals surface area contributed by atoms with E-state index in [1.165, 1.54) is 0 Å². The fourth-order valence-corrected chi connectivity index (χ4v) is 0. The van der Waals surface area contributed by atoms with Gasteiger partial charge in [0.25, 0.3) is 0 Å². The molecule has 0 fully saturated rings. The van der Waals surface area contributed by atoms with Crippen LogP contribution < -0.4 is 18.6 Å². The maximum absolute atomic E-state index is 0. The van der Waals surface area contributed by atoms with Crippen molar-refractivity contribution in [2.24, 2.45) is 0 Å². The molecule has 0 saturated heterocycles. The SMILES string of the molecule is N.[Cl-].[Cu+2].[NH2-]. The molecule has 2 nitrogen and oxygen atoms in total. The van der Waals surface area contributed by atoms with Crippen LogP contribution in [0.3, 0.4) is 0 Å². The Bertz CT molecular complexity index is 6.00. The molecule has 0 aliphatic carbocycles. The van der Waals surface area contributed by atoms with Crippen LogP contribution in [0.5, 0.6) is 0 Å². The van der Waals surface area contributed by atoms with Gasteiger partial charge in [0, 0.05) is 0 Å². The van der Waals surface area contributed by atoms with Gasteiger partial charge in [-0.1, -0.05) is 0 Å². The third-order valence-corrected chi connectivity index (χ3v) is 0. The van der Waals surface area contributed by atoms with Crippen LogP contribution in [0, 0.1) is 0 Å². The van der Waals surface area contributed by atoms with Crippen molar-refractivity contribution in [2.75, 3.05) is 0 Å². The summed E-state index contributed by atoms with van der Waals surface area (Å²) in [7, 11) is 0. The van der Waals surface area contributed by atoms with E-state index in [0.29, 0.717) is 0 Å². The molecule has 4 heavy (non-hydrogen) atoms. The summed E-state index contributed by atoms with van der Waals surface area (Å²) in [6, 6.07) is 0. The van der Waals surface area contributed by atoms with Crippen LogP contribution in [-0.4, -0.2) is 0 Å². The van der Waals surface area contributed by atoms with E-state index in [1.807, 2.05) is 0 Å². The Labute approximate surface area is 42.4 Å². The second-order valence-corrected chi connectivity index (χ2v) is 0. The summed E-state index contributed by atoms with van der Waals surface area (Å²) >= 11 is 0. The van der Waals surface area contributed by atoms with E-state index in [-0.39, 0.29) is 41.8 Å². The van der Waals surface area contributed by atoms with E-state index in [4.69, 9.17) is 0 Å². The number of halogens is 1. The van der Waals surface area contributed by atoms with Crippen molar-refractivity contribution < 1.29 is 29.5 Å². The molecular weight excluding hydrogens is 127 g/mol. The van der Waals surface area contributed by atoms with Crippen LogP contribution in [-0.2, 0) is 17.1 Å². The van der Waals surface area contributed by atoms with Crippen LogP contribution in [0.25, 0.3) is 6.15 Å². The molecule has 0 aromatic rings. The zero-order valence-electron chi connectivity index (χ0n) is 1.96. The molecule has 5 N–H and O–H groups in total. The average Bonchev–Trinajstić information content (AvgIpc) is 0. The van der Waals surface area contributed by atoms with Crippen molar-refractivity contribution in [2.45, 2.75) is 0 Å². The summed E-state index contributed by atoms with van der Waals surface area (Å²) in [6.07, 6.45) is 0. The van der Waals surface area contributed by atoms with Crippen molar-refractivity contribution >= 4 is 0 Å². The molecule has 0 rings (SSSR count). The molecule has 0 saturated carbocycles. The predicted octanol–water partition coefficient (Wildman–Crippen LogP) is -2.12. The second kappa shape index (κ2) is 52.2. The van der Waals surface area contributed by atoms with Crippen molar-refractivity contribution in [1.29, 1.82) is 0 Å². The normalized spacial score (nSPS) is 0. The predicted molar refractivity (Wildman–Crippen MR) is 10.3 cm³/mol. The molecule has 0 bridgehead atoms. The van der Waals surface area contributed by atoms with Gasteiger partial charge in [-0.05, 0) is 0 Å². The number of hydrogen-bond donors (Lipinski definition) is 1. The van der Waals surface area contributed by atoms with Crippen molar-refractivity contribution in [3.63, 3.8) is 0 Å². The first-order chi connectivity index (χ1) is 0. The third kappa shape index (κ3) is 15.3. The molecule has 0 unspecified atom stereocenters. The summed E-state index contributed by atoms with van der Waals surface area (Å²) in [5.41, 5.74) is 0. The molecule has 0 aromatic carbocycles. The van der Waals surface area contributed by atoms with Crippen molar-refractivity contribution in [1.82, 2.24) is 6.15 Å². The van der Waals surface area contributed by atoms with E-state index >= 15 is 0 Å². The van der Waals surface area contributed by atoms with E-state index in [1.54, 1.807) is 0 Å². The minimum absolute atomic E-state index is 0. The number of hydrogen-bond acceptors (Lipinski definition) is 1. The summed E-state index contributed by atoms with van der Waals surface area (Å²) in [5, 5.41) is 0. The summed E-state index contributed by atoms with van der Waals surface area (Å²) in [4.78, 5) is 0. The first-order valence-corrected chi connectivity index (χ1v) is 0. The summed E-state index contributed by atoms with van der Waals surface area (Å²) < 4.78 is 0. The van der Waals surface area contributed by atoms with Crippen LogP contribution in [0.1, 0.15) is 0 Å². The van der Waals surface area contributed by atoms with E-state index in [0.717, 1.165) is 0 Å². The fourth-order valence-electron chi connectivity index (χ4n) is 0. The molecule has 0 heterocycles. The maximum atomic E-state index is 0. The first kappa shape index (κ1) is 124. The summed E-state index contributed by atoms with van der Waals surface area (Å²) in [6.45, 7) is 0. The molecule has 0 spiro atoms. The first-order valence-electron chi connectivity index (χ1n) is 0. The monoisotopic (exact) mass is 131 g/mol. The van der Waals surface area contributed by atoms with Gasteiger partial charge in [0.05, 0.1) is 0 Å². The molecule has 0 aliphatic rings. The zero-order chi connectivity index (χ0) is 0. The average molecular weight is 132 g/mol. The number of nitrogens with two attached hydrogens (primary N) is 1. The van der Waals surface area contributed by atoms with Crippen LogP contribution >= 0.6 is 0 Å². The Morgan fingerprint density at radius 2 is 1.00 bits per heavy atom. The van der Waals surface area contributed by atoms with Crippen LogP contribution in [0.2, 0.25) is 0 Å². The molecule has 4 heteroatoms. The van der Waals surface area contributed by atoms with E-state index in [2.05, 4.69) is 0 Å². The van der Waals surface area contributed by atoms with Crippen LogP contribution in [0.15, 0.2) is 0 Å². The van der Waals surface area contributed by atoms with Gasteiger partial charge in [-0.25, -0.2) is 0 Å². The fraction of sp³-hybridized carbons (Fsp3) is 0. The Kier molecular flexibility index (Phi) is 1610. The van der Waals surface area contributed by atoms with Gasteiger partial charge in [-0.2, -0.15) is 0 Å². The van der Waals surface area contributed by atoms with E-state index < -0.39 is 0 Å². The largest absolute Gasteiger partial charge is 2.00 e. The van der Waals surface area contributed by atoms with Gasteiger partial charge >= 0.3 is 17.1 Å². The quantitative estimate of drug-likeness (QED) is 0.376. The van der Waals surface area contributed by atoms with Gasteiger partial charge in [0.15, 0.2) is 0 Å². The minimum Gasteiger partial charge on any atom is -1.00 e. The molecule has 0 amide bonds. The second-order valence-electron chi connectivity index (χ2n) is 0. The Balaban J connectivity index is 0. The maximum Gasteiger partial charge on any atom is 2.00 e. The molecule has 0 aromatic heterocycles. The molecule has 0 aliphatic heterocycles. The Hall–Kier alpha value is 0.729. The standard InChI is InChI=1S/ClH.Cu.H3N.H2N/h1H;;1H3;1H2/q;+2;;-1/p-1. The van der Waals surface area contributed by atoms with Gasteiger partial charge in [-0.3, -0.25) is 0 Å². The smallest absolute Gasteiger partial charge is 1.00 e. The molecule has 0 atom stereocenters. The topological polar surface area (TPSA) is 68.5 Å². The van der Waals surface area contributed by atoms with Gasteiger partial charge in [-0.15, -0.1) is 0 Å². The molecule has 33 valence electrons. The van der Waals surface area contributed by atoms with Crippen LogP contribution in [0.4, 0.5) is 0 Å². The van der Waals surface area contributed by atoms with E-state index in [9.17, 15) is 0 Å². The number of rotatable bonds is 0. The van der Waals surface area contributed by atoms with Gasteiger partial charge in [0.2, 0.25) is 0 Å². The van der Waals surface area contributed by atoms with Crippen molar-refractivity contribution in [3.05, 3.63) is 6.15 Å². The Morgan fingerprint density at radius 3 is 1.00 bits per heavy atom. The Morgan fingerprint density at radius 1 is 1.00 bits per heavy atom. The molecule has 1 radical (unpaired) electrons. The van der Waals surface area contributed by atoms with Crippen molar-refractivity contribution in [3.8, 4) is 0 Å². The molecular formula is H5ClCuN2. The van der Waals surface area contributed by atoms with Gasteiger partial charge < -0.3 is 24.7 Å². The zero-order valence-corrected chi connectivity index (χ0v) is 3.66. The van der Waals surface area contributed by atoms with Gasteiger partial charge in [0.1, 0.15) is 0 Å². The third-order valence-electron chi connectivity index (χ3n) is 0. The summed E-state index contributed by atoms with van der Waals surface area (Å²) in [5.74, 6) is 0. The minimum atomic E-state index is 0.